The minimum absolute atomic E-state index is 0.124. The number of halogens is 7. The number of ether oxygens (including phenoxy) is 1. The summed E-state index contributed by atoms with van der Waals surface area (Å²) < 4.78 is 99.7. The average Bonchev–Trinajstić information content (AvgIpc) is 3.43. The standard InChI is InChI=1S/C26H28F7NO/c1-16(19-12-20(25(28,29)30)14-21(13-19)26(31,32)33)35-23-9-6-18(15-34-10-2-3-11-34)24(23)17-4-7-22(27)8-5-17/h4-5,7-8,12-14,16,18,23-24H,2-3,6,9-11,15H2,1H3/t16-,18?,23?,24?/m1/s1. The first-order chi connectivity index (χ1) is 16.4. The van der Waals surface area contributed by atoms with Gasteiger partial charge in [0.05, 0.1) is 23.3 Å². The zero-order valence-corrected chi connectivity index (χ0v) is 19.3. The topological polar surface area (TPSA) is 12.5 Å². The fraction of sp³-hybridized carbons (Fsp3) is 0.538. The SMILES string of the molecule is C[C@@H](OC1CCC(CN2CCCC2)C1c1ccc(F)cc1)c1cc(C(F)(F)F)cc(C(F)(F)F)c1. The lowest BCUT2D eigenvalue weighted by atomic mass is 9.87. The number of nitrogens with zero attached hydrogens (tertiary/aromatic N) is 1. The van der Waals surface area contributed by atoms with Gasteiger partial charge in [0.15, 0.2) is 0 Å². The maximum atomic E-state index is 13.6. The van der Waals surface area contributed by atoms with Crippen molar-refractivity contribution in [2.75, 3.05) is 19.6 Å². The first-order valence-corrected chi connectivity index (χ1v) is 11.8. The largest absolute Gasteiger partial charge is 0.416 e. The molecule has 0 radical (unpaired) electrons. The molecule has 2 fully saturated rings. The van der Waals surface area contributed by atoms with Gasteiger partial charge in [0.2, 0.25) is 0 Å². The lowest BCUT2D eigenvalue weighted by molar-refractivity contribution is -0.143. The number of hydrogen-bond acceptors (Lipinski definition) is 2. The third-order valence-corrected chi connectivity index (χ3v) is 7.14. The zero-order valence-electron chi connectivity index (χ0n) is 19.3. The average molecular weight is 504 g/mol. The van der Waals surface area contributed by atoms with Crippen LogP contribution in [0.15, 0.2) is 42.5 Å². The van der Waals surface area contributed by atoms with E-state index in [1.165, 1.54) is 19.1 Å². The first kappa shape index (κ1) is 25.9. The molecule has 2 aromatic rings. The number of benzene rings is 2. The van der Waals surface area contributed by atoms with Crippen molar-refractivity contribution in [3.05, 3.63) is 70.5 Å². The number of alkyl halides is 6. The van der Waals surface area contributed by atoms with Gasteiger partial charge in [-0.15, -0.1) is 0 Å². The van der Waals surface area contributed by atoms with Crippen LogP contribution < -0.4 is 0 Å². The Morgan fingerprint density at radius 2 is 1.46 bits per heavy atom. The quantitative estimate of drug-likeness (QED) is 0.377. The van der Waals surface area contributed by atoms with E-state index in [-0.39, 0.29) is 29.3 Å². The molecule has 192 valence electrons. The molecule has 1 saturated heterocycles. The van der Waals surface area contributed by atoms with Gasteiger partial charge in [0.1, 0.15) is 5.82 Å². The van der Waals surface area contributed by atoms with Crippen molar-refractivity contribution in [2.45, 2.75) is 63.1 Å². The minimum atomic E-state index is -4.92. The van der Waals surface area contributed by atoms with E-state index in [1.54, 1.807) is 12.1 Å². The highest BCUT2D eigenvalue weighted by atomic mass is 19.4. The Balaban J connectivity index is 1.60. The first-order valence-electron chi connectivity index (χ1n) is 11.8. The molecule has 0 spiro atoms. The van der Waals surface area contributed by atoms with Crippen LogP contribution in [-0.4, -0.2) is 30.6 Å². The van der Waals surface area contributed by atoms with Crippen LogP contribution in [0.5, 0.6) is 0 Å². The number of likely N-dealkylation sites (tertiary alicyclic amines) is 1. The number of hydrogen-bond donors (Lipinski definition) is 0. The van der Waals surface area contributed by atoms with Gasteiger partial charge < -0.3 is 9.64 Å². The van der Waals surface area contributed by atoms with Crippen LogP contribution in [0.25, 0.3) is 0 Å². The third-order valence-electron chi connectivity index (χ3n) is 7.14. The summed E-state index contributed by atoms with van der Waals surface area (Å²) in [6.07, 6.45) is -7.54. The molecule has 2 nitrogen and oxygen atoms in total. The molecule has 1 aliphatic carbocycles. The molecule has 0 amide bonds. The van der Waals surface area contributed by atoms with Gasteiger partial charge in [-0.2, -0.15) is 26.3 Å². The van der Waals surface area contributed by atoms with Crippen LogP contribution in [0, 0.1) is 11.7 Å². The van der Waals surface area contributed by atoms with Crippen LogP contribution >= 0.6 is 0 Å². The molecule has 35 heavy (non-hydrogen) atoms. The Labute approximate surface area is 200 Å². The maximum Gasteiger partial charge on any atom is 0.416 e. The number of rotatable bonds is 6. The van der Waals surface area contributed by atoms with Crippen LogP contribution in [-0.2, 0) is 17.1 Å². The molecule has 0 bridgehead atoms. The van der Waals surface area contributed by atoms with Gasteiger partial charge in [0.25, 0.3) is 0 Å². The third kappa shape index (κ3) is 6.17. The van der Waals surface area contributed by atoms with E-state index in [2.05, 4.69) is 4.90 Å². The van der Waals surface area contributed by atoms with Gasteiger partial charge in [-0.05, 0) is 93.1 Å². The molecular weight excluding hydrogens is 475 g/mol. The lowest BCUT2D eigenvalue weighted by Crippen LogP contribution is -2.31. The van der Waals surface area contributed by atoms with E-state index in [0.29, 0.717) is 6.42 Å². The fourth-order valence-corrected chi connectivity index (χ4v) is 5.42. The molecule has 0 aromatic heterocycles. The van der Waals surface area contributed by atoms with Gasteiger partial charge in [-0.25, -0.2) is 4.39 Å². The summed E-state index contributed by atoms with van der Waals surface area (Å²) in [5.74, 6) is -0.313. The molecule has 2 aromatic carbocycles. The van der Waals surface area contributed by atoms with E-state index < -0.39 is 35.7 Å². The molecule has 9 heteroatoms. The van der Waals surface area contributed by atoms with Crippen LogP contribution in [0.4, 0.5) is 30.7 Å². The summed E-state index contributed by atoms with van der Waals surface area (Å²) in [4.78, 5) is 2.37. The zero-order chi connectivity index (χ0) is 25.4. The van der Waals surface area contributed by atoms with Crippen molar-refractivity contribution < 1.29 is 35.5 Å². The Kier molecular flexibility index (Phi) is 7.48. The molecule has 1 heterocycles. The Hall–Kier alpha value is -2.13. The van der Waals surface area contributed by atoms with E-state index in [0.717, 1.165) is 56.6 Å². The van der Waals surface area contributed by atoms with Crippen LogP contribution in [0.1, 0.15) is 66.9 Å². The van der Waals surface area contributed by atoms with Crippen LogP contribution in [0.2, 0.25) is 0 Å². The summed E-state index contributed by atoms with van der Waals surface area (Å²) in [5, 5.41) is 0. The smallest absolute Gasteiger partial charge is 0.370 e. The normalized spacial score (nSPS) is 24.7. The monoisotopic (exact) mass is 503 g/mol. The van der Waals surface area contributed by atoms with E-state index in [4.69, 9.17) is 4.74 Å². The Morgan fingerprint density at radius 1 is 0.886 bits per heavy atom. The summed E-state index contributed by atoms with van der Waals surface area (Å²) in [5.41, 5.74) is -2.02. The molecule has 1 aliphatic heterocycles. The van der Waals surface area contributed by atoms with Crippen molar-refractivity contribution >= 4 is 0 Å². The summed E-state index contributed by atoms with van der Waals surface area (Å²) in [7, 11) is 0. The Morgan fingerprint density at radius 3 is 2.00 bits per heavy atom. The predicted octanol–water partition coefficient (Wildman–Crippen LogP) is 7.60. The van der Waals surface area contributed by atoms with Gasteiger partial charge in [-0.1, -0.05) is 12.1 Å². The predicted molar refractivity (Wildman–Crippen MR) is 117 cm³/mol. The fourth-order valence-electron chi connectivity index (χ4n) is 5.42. The van der Waals surface area contributed by atoms with Crippen molar-refractivity contribution in [2.24, 2.45) is 5.92 Å². The van der Waals surface area contributed by atoms with Crippen molar-refractivity contribution in [1.82, 2.24) is 4.90 Å². The van der Waals surface area contributed by atoms with E-state index in [9.17, 15) is 30.7 Å². The van der Waals surface area contributed by atoms with Crippen LogP contribution in [0.3, 0.4) is 0 Å². The molecule has 1 saturated carbocycles. The second kappa shape index (κ2) is 10.1. The Bertz CT molecular complexity index is 964. The molecule has 3 unspecified atom stereocenters. The summed E-state index contributed by atoms with van der Waals surface area (Å²) >= 11 is 0. The molecule has 4 atom stereocenters. The van der Waals surface area contributed by atoms with E-state index >= 15 is 0 Å². The molecular formula is C26H28F7NO. The highest BCUT2D eigenvalue weighted by molar-refractivity contribution is 5.35. The van der Waals surface area contributed by atoms with Crippen molar-refractivity contribution in [1.29, 1.82) is 0 Å². The van der Waals surface area contributed by atoms with Gasteiger partial charge >= 0.3 is 12.4 Å². The van der Waals surface area contributed by atoms with Crippen molar-refractivity contribution in [3.63, 3.8) is 0 Å². The maximum absolute atomic E-state index is 13.6. The second-order valence-corrected chi connectivity index (χ2v) is 9.58. The molecule has 0 N–H and O–H groups in total. The molecule has 4 rings (SSSR count). The van der Waals surface area contributed by atoms with Crippen molar-refractivity contribution in [3.8, 4) is 0 Å². The van der Waals surface area contributed by atoms with Gasteiger partial charge in [0, 0.05) is 12.5 Å². The van der Waals surface area contributed by atoms with Gasteiger partial charge in [-0.3, -0.25) is 0 Å². The highest BCUT2D eigenvalue weighted by Gasteiger charge is 2.41. The van der Waals surface area contributed by atoms with E-state index in [1.807, 2.05) is 0 Å². The summed E-state index contributed by atoms with van der Waals surface area (Å²) in [6, 6.07) is 7.68. The minimum Gasteiger partial charge on any atom is -0.370 e. The highest BCUT2D eigenvalue weighted by Crippen LogP contribution is 2.45. The molecule has 2 aliphatic rings. The second-order valence-electron chi connectivity index (χ2n) is 9.58. The lowest BCUT2D eigenvalue weighted by Gasteiger charge is -2.30. The summed E-state index contributed by atoms with van der Waals surface area (Å²) in [6.45, 7) is 4.31.